The molecule has 0 unspecified atom stereocenters. The van der Waals surface area contributed by atoms with E-state index in [4.69, 9.17) is 4.84 Å². The van der Waals surface area contributed by atoms with E-state index in [-0.39, 0.29) is 6.10 Å². The second-order valence-corrected chi connectivity index (χ2v) is 6.03. The molecule has 2 heterocycles. The van der Waals surface area contributed by atoms with Gasteiger partial charge in [-0.1, -0.05) is 23.4 Å². The number of oxime groups is 1. The zero-order valence-electron chi connectivity index (χ0n) is 13.3. The molecule has 4 heteroatoms. The van der Waals surface area contributed by atoms with E-state index >= 15 is 0 Å². The fourth-order valence-electron chi connectivity index (χ4n) is 2.75. The number of aromatic nitrogens is 1. The van der Waals surface area contributed by atoms with Crippen molar-refractivity contribution in [2.45, 2.75) is 39.2 Å². The third kappa shape index (κ3) is 3.38. The Labute approximate surface area is 131 Å². The summed E-state index contributed by atoms with van der Waals surface area (Å²) in [6, 6.07) is 10.3. The van der Waals surface area contributed by atoms with Crippen LogP contribution in [-0.4, -0.2) is 34.9 Å². The summed E-state index contributed by atoms with van der Waals surface area (Å²) in [6.07, 6.45) is 5.70. The summed E-state index contributed by atoms with van der Waals surface area (Å²) in [5.41, 5.74) is 2.04. The van der Waals surface area contributed by atoms with Gasteiger partial charge < -0.3 is 9.74 Å². The lowest BCUT2D eigenvalue weighted by Crippen LogP contribution is -2.36. The largest absolute Gasteiger partial charge is 0.391 e. The van der Waals surface area contributed by atoms with E-state index in [0.717, 1.165) is 35.4 Å². The summed E-state index contributed by atoms with van der Waals surface area (Å²) < 4.78 is 0. The lowest BCUT2D eigenvalue weighted by atomic mass is 10.1. The minimum atomic E-state index is 0.0770. The monoisotopic (exact) mass is 297 g/mol. The molecule has 22 heavy (non-hydrogen) atoms. The van der Waals surface area contributed by atoms with Crippen molar-refractivity contribution in [2.24, 2.45) is 5.16 Å². The van der Waals surface area contributed by atoms with Crippen LogP contribution < -0.4 is 0 Å². The Bertz CT molecular complexity index is 660. The van der Waals surface area contributed by atoms with Crippen LogP contribution in [0.15, 0.2) is 41.7 Å². The number of rotatable bonds is 3. The minimum absolute atomic E-state index is 0.0770. The molecule has 0 saturated carbocycles. The van der Waals surface area contributed by atoms with Gasteiger partial charge in [-0.15, -0.1) is 0 Å². The molecule has 2 aromatic rings. The van der Waals surface area contributed by atoms with Gasteiger partial charge in [-0.25, -0.2) is 0 Å². The second-order valence-electron chi connectivity index (χ2n) is 6.03. The molecule has 0 N–H and O–H groups in total. The van der Waals surface area contributed by atoms with Crippen molar-refractivity contribution in [1.29, 1.82) is 0 Å². The van der Waals surface area contributed by atoms with Crippen LogP contribution in [0.2, 0.25) is 0 Å². The van der Waals surface area contributed by atoms with Crippen LogP contribution in [0.4, 0.5) is 0 Å². The standard InChI is InChI=1S/C18H23N3O/c1-14(2)22-20-18(21-10-6-3-7-11-21)16-12-15-8-4-5-9-17(15)19-13-16/h4-5,8-9,12-14H,3,6-7,10-11H2,1-2H3. The molecule has 0 atom stereocenters. The fourth-order valence-corrected chi connectivity index (χ4v) is 2.75. The smallest absolute Gasteiger partial charge is 0.177 e. The Morgan fingerprint density at radius 3 is 2.73 bits per heavy atom. The van der Waals surface area contributed by atoms with E-state index < -0.39 is 0 Å². The maximum Gasteiger partial charge on any atom is 0.177 e. The average Bonchev–Trinajstić information content (AvgIpc) is 2.55. The number of para-hydroxylation sites is 1. The first-order valence-corrected chi connectivity index (χ1v) is 8.08. The molecule has 0 radical (unpaired) electrons. The molecule has 0 spiro atoms. The third-order valence-corrected chi connectivity index (χ3v) is 3.85. The van der Waals surface area contributed by atoms with Crippen molar-refractivity contribution in [3.05, 3.63) is 42.1 Å². The van der Waals surface area contributed by atoms with E-state index in [1.807, 2.05) is 38.2 Å². The number of hydrogen-bond donors (Lipinski definition) is 0. The Balaban J connectivity index is 1.96. The molecule has 1 aromatic heterocycles. The van der Waals surface area contributed by atoms with Gasteiger partial charge in [0.1, 0.15) is 6.10 Å². The van der Waals surface area contributed by atoms with Gasteiger partial charge in [0.25, 0.3) is 0 Å². The summed E-state index contributed by atoms with van der Waals surface area (Å²) in [4.78, 5) is 12.4. The van der Waals surface area contributed by atoms with Gasteiger partial charge in [-0.05, 0) is 45.2 Å². The molecular formula is C18H23N3O. The minimum Gasteiger partial charge on any atom is -0.391 e. The Kier molecular flexibility index (Phi) is 4.56. The SMILES string of the molecule is CC(C)ON=C(c1cnc2ccccc2c1)N1CCCCC1. The summed E-state index contributed by atoms with van der Waals surface area (Å²) in [5, 5.41) is 5.56. The molecule has 0 amide bonds. The Hall–Kier alpha value is -2.10. The summed E-state index contributed by atoms with van der Waals surface area (Å²) >= 11 is 0. The van der Waals surface area contributed by atoms with Gasteiger partial charge in [0.05, 0.1) is 5.52 Å². The molecule has 1 aliphatic rings. The molecule has 1 aromatic carbocycles. The van der Waals surface area contributed by atoms with Crippen LogP contribution in [0, 0.1) is 0 Å². The van der Waals surface area contributed by atoms with Crippen LogP contribution in [0.3, 0.4) is 0 Å². The number of piperidine rings is 1. The average molecular weight is 297 g/mol. The van der Waals surface area contributed by atoms with E-state index in [1.165, 1.54) is 19.3 Å². The van der Waals surface area contributed by atoms with Gasteiger partial charge in [-0.3, -0.25) is 4.98 Å². The lowest BCUT2D eigenvalue weighted by molar-refractivity contribution is 0.0820. The highest BCUT2D eigenvalue weighted by molar-refractivity contribution is 6.00. The second kappa shape index (κ2) is 6.77. The first-order chi connectivity index (χ1) is 10.7. The number of likely N-dealkylation sites (tertiary alicyclic amines) is 1. The first kappa shape index (κ1) is 14.8. The van der Waals surface area contributed by atoms with Crippen molar-refractivity contribution in [3.8, 4) is 0 Å². The zero-order chi connectivity index (χ0) is 15.4. The number of hydrogen-bond acceptors (Lipinski definition) is 3. The topological polar surface area (TPSA) is 37.7 Å². The number of benzene rings is 1. The molecule has 3 rings (SSSR count). The van der Waals surface area contributed by atoms with E-state index in [1.54, 1.807) is 0 Å². The van der Waals surface area contributed by atoms with Crippen molar-refractivity contribution in [3.63, 3.8) is 0 Å². The normalized spacial score (nSPS) is 16.3. The highest BCUT2D eigenvalue weighted by atomic mass is 16.6. The highest BCUT2D eigenvalue weighted by Gasteiger charge is 2.18. The van der Waals surface area contributed by atoms with Crippen LogP contribution in [-0.2, 0) is 4.84 Å². The molecule has 0 aliphatic carbocycles. The summed E-state index contributed by atoms with van der Waals surface area (Å²) in [5.74, 6) is 0.909. The van der Waals surface area contributed by atoms with Crippen LogP contribution in [0.25, 0.3) is 10.9 Å². The molecule has 116 valence electrons. The van der Waals surface area contributed by atoms with E-state index in [2.05, 4.69) is 27.2 Å². The molecular weight excluding hydrogens is 274 g/mol. The predicted octanol–water partition coefficient (Wildman–Crippen LogP) is 3.81. The predicted molar refractivity (Wildman–Crippen MR) is 89.9 cm³/mol. The van der Waals surface area contributed by atoms with E-state index in [0.29, 0.717) is 0 Å². The van der Waals surface area contributed by atoms with Crippen LogP contribution in [0.5, 0.6) is 0 Å². The number of amidine groups is 1. The van der Waals surface area contributed by atoms with Crippen LogP contribution in [0.1, 0.15) is 38.7 Å². The number of fused-ring (bicyclic) bond motifs is 1. The van der Waals surface area contributed by atoms with Crippen molar-refractivity contribution in [1.82, 2.24) is 9.88 Å². The molecule has 0 bridgehead atoms. The molecule has 1 fully saturated rings. The quantitative estimate of drug-likeness (QED) is 0.491. The molecule has 1 aliphatic heterocycles. The van der Waals surface area contributed by atoms with Crippen LogP contribution >= 0.6 is 0 Å². The van der Waals surface area contributed by atoms with Gasteiger partial charge in [-0.2, -0.15) is 0 Å². The van der Waals surface area contributed by atoms with Gasteiger partial charge in [0.2, 0.25) is 0 Å². The third-order valence-electron chi connectivity index (χ3n) is 3.85. The van der Waals surface area contributed by atoms with Gasteiger partial charge >= 0.3 is 0 Å². The summed E-state index contributed by atoms with van der Waals surface area (Å²) in [6.45, 7) is 6.06. The Morgan fingerprint density at radius 1 is 1.18 bits per heavy atom. The first-order valence-electron chi connectivity index (χ1n) is 8.08. The molecule has 1 saturated heterocycles. The van der Waals surface area contributed by atoms with Crippen molar-refractivity contribution < 1.29 is 4.84 Å². The van der Waals surface area contributed by atoms with Gasteiger partial charge in [0.15, 0.2) is 5.84 Å². The maximum absolute atomic E-state index is 5.54. The highest BCUT2D eigenvalue weighted by Crippen LogP contribution is 2.18. The van der Waals surface area contributed by atoms with Crippen molar-refractivity contribution >= 4 is 16.7 Å². The fraction of sp³-hybridized carbons (Fsp3) is 0.444. The number of pyridine rings is 1. The van der Waals surface area contributed by atoms with Gasteiger partial charge in [0, 0.05) is 30.2 Å². The zero-order valence-corrected chi connectivity index (χ0v) is 13.3. The lowest BCUT2D eigenvalue weighted by Gasteiger charge is -2.29. The maximum atomic E-state index is 5.54. The summed E-state index contributed by atoms with van der Waals surface area (Å²) in [7, 11) is 0. The molecule has 4 nitrogen and oxygen atoms in total. The Morgan fingerprint density at radius 2 is 1.95 bits per heavy atom. The van der Waals surface area contributed by atoms with Crippen molar-refractivity contribution in [2.75, 3.05) is 13.1 Å². The number of nitrogens with zero attached hydrogens (tertiary/aromatic N) is 3. The van der Waals surface area contributed by atoms with E-state index in [9.17, 15) is 0 Å².